The first kappa shape index (κ1) is 15.7. The highest BCUT2D eigenvalue weighted by atomic mass is 15.2. The molecule has 0 aliphatic heterocycles. The van der Waals surface area contributed by atoms with E-state index in [4.69, 9.17) is 10.7 Å². The minimum Gasteiger partial charge on any atom is -0.383 e. The van der Waals surface area contributed by atoms with Gasteiger partial charge in [0.1, 0.15) is 17.5 Å². The monoisotopic (exact) mass is 264 g/mol. The maximum Gasteiger partial charge on any atom is 0.137 e. The Morgan fingerprint density at radius 3 is 2.16 bits per heavy atom. The summed E-state index contributed by atoms with van der Waals surface area (Å²) in [7, 11) is 2.09. The maximum absolute atomic E-state index is 6.02. The van der Waals surface area contributed by atoms with Gasteiger partial charge in [-0.2, -0.15) is 0 Å². The van der Waals surface area contributed by atoms with E-state index in [0.717, 1.165) is 23.6 Å². The Morgan fingerprint density at radius 1 is 1.11 bits per heavy atom. The number of nitrogens with zero attached hydrogens (tertiary/aromatic N) is 3. The van der Waals surface area contributed by atoms with Crippen molar-refractivity contribution in [3.8, 4) is 0 Å². The maximum atomic E-state index is 6.02. The Bertz CT molecular complexity index is 426. The van der Waals surface area contributed by atoms with Gasteiger partial charge in [0.2, 0.25) is 0 Å². The van der Waals surface area contributed by atoms with Crippen LogP contribution in [0, 0.1) is 12.8 Å². The molecule has 0 fully saturated rings. The molecule has 0 aliphatic carbocycles. The fraction of sp³-hybridized carbons (Fsp3) is 0.733. The van der Waals surface area contributed by atoms with E-state index >= 15 is 0 Å². The largest absolute Gasteiger partial charge is 0.383 e. The van der Waals surface area contributed by atoms with Crippen LogP contribution in [0.3, 0.4) is 0 Å². The first-order chi connectivity index (χ1) is 8.73. The minimum absolute atomic E-state index is 0.287. The van der Waals surface area contributed by atoms with Crippen molar-refractivity contribution < 1.29 is 0 Å². The number of hydrogen-bond donors (Lipinski definition) is 1. The number of nitrogens with two attached hydrogens (primary N) is 1. The fourth-order valence-corrected chi connectivity index (χ4v) is 2.19. The Hall–Kier alpha value is -1.32. The average molecular weight is 264 g/mol. The van der Waals surface area contributed by atoms with E-state index in [1.165, 1.54) is 0 Å². The summed E-state index contributed by atoms with van der Waals surface area (Å²) in [5.41, 5.74) is 7.00. The molecule has 0 bridgehead atoms. The number of hydrogen-bond acceptors (Lipinski definition) is 4. The van der Waals surface area contributed by atoms with E-state index in [-0.39, 0.29) is 5.92 Å². The van der Waals surface area contributed by atoms with Crippen LogP contribution in [-0.4, -0.2) is 23.1 Å². The second-order valence-electron chi connectivity index (χ2n) is 6.16. The van der Waals surface area contributed by atoms with Crippen molar-refractivity contribution in [1.82, 2.24) is 9.97 Å². The van der Waals surface area contributed by atoms with Gasteiger partial charge >= 0.3 is 0 Å². The molecule has 0 radical (unpaired) electrons. The molecule has 1 unspecified atom stereocenters. The van der Waals surface area contributed by atoms with Crippen LogP contribution in [0.25, 0.3) is 0 Å². The molecule has 1 atom stereocenters. The van der Waals surface area contributed by atoms with Crippen LogP contribution in [0.15, 0.2) is 0 Å². The zero-order valence-electron chi connectivity index (χ0n) is 13.4. The van der Waals surface area contributed by atoms with Crippen molar-refractivity contribution in [2.24, 2.45) is 5.92 Å². The van der Waals surface area contributed by atoms with Gasteiger partial charge in [-0.25, -0.2) is 9.97 Å². The summed E-state index contributed by atoms with van der Waals surface area (Å²) in [5.74, 6) is 3.33. The Balaban J connectivity index is 3.11. The van der Waals surface area contributed by atoms with Crippen LogP contribution in [0.5, 0.6) is 0 Å². The van der Waals surface area contributed by atoms with Gasteiger partial charge in [0.05, 0.1) is 0 Å². The molecule has 1 rings (SSSR count). The number of anilines is 2. The Kier molecular flexibility index (Phi) is 5.15. The van der Waals surface area contributed by atoms with Gasteiger partial charge in [-0.3, -0.25) is 0 Å². The lowest BCUT2D eigenvalue weighted by Gasteiger charge is -2.29. The average Bonchev–Trinajstić information content (AvgIpc) is 2.30. The normalized spacial score (nSPS) is 13.1. The highest BCUT2D eigenvalue weighted by molar-refractivity contribution is 5.56. The van der Waals surface area contributed by atoms with E-state index in [0.29, 0.717) is 17.8 Å². The fourth-order valence-electron chi connectivity index (χ4n) is 2.19. The van der Waals surface area contributed by atoms with Gasteiger partial charge < -0.3 is 10.6 Å². The molecule has 0 aliphatic rings. The summed E-state index contributed by atoms with van der Waals surface area (Å²) in [4.78, 5) is 11.3. The number of nitrogen functional groups attached to an aromatic ring is 1. The summed E-state index contributed by atoms with van der Waals surface area (Å²) >= 11 is 0. The molecule has 0 saturated heterocycles. The van der Waals surface area contributed by atoms with Gasteiger partial charge in [-0.15, -0.1) is 0 Å². The second kappa shape index (κ2) is 6.22. The second-order valence-corrected chi connectivity index (χ2v) is 6.16. The Labute approximate surface area is 117 Å². The van der Waals surface area contributed by atoms with Gasteiger partial charge in [0.25, 0.3) is 0 Å². The third kappa shape index (κ3) is 3.82. The topological polar surface area (TPSA) is 55.0 Å². The molecule has 0 amide bonds. The zero-order chi connectivity index (χ0) is 14.7. The van der Waals surface area contributed by atoms with Crippen LogP contribution < -0.4 is 10.6 Å². The molecule has 2 N–H and O–H groups in total. The first-order valence-electron chi connectivity index (χ1n) is 7.10. The van der Waals surface area contributed by atoms with Gasteiger partial charge in [0.15, 0.2) is 0 Å². The molecule has 0 spiro atoms. The molecule has 1 aromatic heterocycles. The molecule has 4 nitrogen and oxygen atoms in total. The molecule has 19 heavy (non-hydrogen) atoms. The van der Waals surface area contributed by atoms with E-state index in [9.17, 15) is 0 Å². The Morgan fingerprint density at radius 2 is 1.68 bits per heavy atom. The lowest BCUT2D eigenvalue weighted by atomic mass is 10.0. The van der Waals surface area contributed by atoms with Crippen molar-refractivity contribution in [1.29, 1.82) is 0 Å². The molecular formula is C15H28N4. The van der Waals surface area contributed by atoms with Gasteiger partial charge in [-0.05, 0) is 26.2 Å². The molecule has 108 valence electrons. The quantitative estimate of drug-likeness (QED) is 0.886. The van der Waals surface area contributed by atoms with E-state index in [2.05, 4.69) is 51.6 Å². The third-order valence-electron chi connectivity index (χ3n) is 3.50. The lowest BCUT2D eigenvalue weighted by Crippen LogP contribution is -2.32. The van der Waals surface area contributed by atoms with E-state index < -0.39 is 0 Å². The SMILES string of the molecule is Cc1c(N)nc(C(C)C)nc1N(C)C(C)CC(C)C. The van der Waals surface area contributed by atoms with Crippen LogP contribution >= 0.6 is 0 Å². The van der Waals surface area contributed by atoms with Crippen molar-refractivity contribution >= 4 is 11.6 Å². The van der Waals surface area contributed by atoms with Crippen molar-refractivity contribution in [3.05, 3.63) is 11.4 Å². The zero-order valence-corrected chi connectivity index (χ0v) is 13.4. The minimum atomic E-state index is 0.287. The van der Waals surface area contributed by atoms with Crippen molar-refractivity contribution in [2.45, 2.75) is 59.9 Å². The van der Waals surface area contributed by atoms with Gasteiger partial charge in [-0.1, -0.05) is 27.7 Å². The van der Waals surface area contributed by atoms with Crippen LogP contribution in [0.1, 0.15) is 58.3 Å². The van der Waals surface area contributed by atoms with Crippen LogP contribution in [0.2, 0.25) is 0 Å². The van der Waals surface area contributed by atoms with Crippen molar-refractivity contribution in [2.75, 3.05) is 17.7 Å². The van der Waals surface area contributed by atoms with Crippen LogP contribution in [0.4, 0.5) is 11.6 Å². The van der Waals surface area contributed by atoms with Crippen LogP contribution in [-0.2, 0) is 0 Å². The van der Waals surface area contributed by atoms with E-state index in [1.54, 1.807) is 0 Å². The third-order valence-corrected chi connectivity index (χ3v) is 3.50. The van der Waals surface area contributed by atoms with Crippen molar-refractivity contribution in [3.63, 3.8) is 0 Å². The molecule has 1 aromatic rings. The molecule has 0 aromatic carbocycles. The number of aromatic nitrogens is 2. The highest BCUT2D eigenvalue weighted by Crippen LogP contribution is 2.26. The smallest absolute Gasteiger partial charge is 0.137 e. The predicted molar refractivity (Wildman–Crippen MR) is 82.6 cm³/mol. The first-order valence-corrected chi connectivity index (χ1v) is 7.10. The van der Waals surface area contributed by atoms with Gasteiger partial charge in [0, 0.05) is 24.6 Å². The molecule has 4 heteroatoms. The lowest BCUT2D eigenvalue weighted by molar-refractivity contribution is 0.501. The summed E-state index contributed by atoms with van der Waals surface area (Å²) in [5, 5.41) is 0. The summed E-state index contributed by atoms with van der Waals surface area (Å²) in [6, 6.07) is 0.438. The summed E-state index contributed by atoms with van der Waals surface area (Å²) in [6.07, 6.45) is 1.14. The van der Waals surface area contributed by atoms with E-state index in [1.807, 2.05) is 6.92 Å². The highest BCUT2D eigenvalue weighted by Gasteiger charge is 2.18. The standard InChI is InChI=1S/C15H28N4/c1-9(2)8-11(5)19(7)15-12(6)13(16)17-14(18-15)10(3)4/h9-11H,8H2,1-7H3,(H2,16,17,18). The molecule has 0 saturated carbocycles. The predicted octanol–water partition coefficient (Wildman–Crippen LogP) is 3.36. The summed E-state index contributed by atoms with van der Waals surface area (Å²) in [6.45, 7) is 12.9. The number of rotatable bonds is 5. The molecule has 1 heterocycles. The molecular weight excluding hydrogens is 236 g/mol. The summed E-state index contributed by atoms with van der Waals surface area (Å²) < 4.78 is 0.